The molecule has 2 aliphatic rings. The Morgan fingerprint density at radius 3 is 2.55 bits per heavy atom. The average molecular weight is 327 g/mol. The first-order chi connectivity index (χ1) is 10.6. The van der Waals surface area contributed by atoms with Gasteiger partial charge in [-0.15, -0.1) is 0 Å². The third-order valence-electron chi connectivity index (χ3n) is 4.05. The number of nitrogens with zero attached hydrogens (tertiary/aromatic N) is 1. The van der Waals surface area contributed by atoms with Crippen molar-refractivity contribution in [1.82, 2.24) is 4.90 Å². The van der Waals surface area contributed by atoms with E-state index in [0.29, 0.717) is 34.2 Å². The van der Waals surface area contributed by atoms with Crippen molar-refractivity contribution in [3.63, 3.8) is 0 Å². The number of hydrogen-bond acceptors (Lipinski definition) is 3. The molecule has 0 radical (unpaired) electrons. The van der Waals surface area contributed by atoms with E-state index in [2.05, 4.69) is 0 Å². The summed E-state index contributed by atoms with van der Waals surface area (Å²) in [5, 5.41) is 0. The monoisotopic (exact) mass is 327 g/mol. The minimum atomic E-state index is -2.44. The number of hydrogen-bond donors (Lipinski definition) is 0. The quantitative estimate of drug-likeness (QED) is 0.747. The fourth-order valence-corrected chi connectivity index (χ4v) is 3.23. The molecule has 1 aliphatic heterocycles. The molecule has 0 N–H and O–H groups in total. The van der Waals surface area contributed by atoms with Gasteiger partial charge in [-0.2, -0.15) is 8.78 Å². The first kappa shape index (κ1) is 15.7. The molecule has 1 unspecified atom stereocenters. The second-order valence-corrected chi connectivity index (χ2v) is 6.88. The molecule has 1 aromatic rings. The van der Waals surface area contributed by atoms with Crippen molar-refractivity contribution >= 4 is 17.7 Å². The van der Waals surface area contributed by atoms with Gasteiger partial charge in [0, 0.05) is 35.6 Å². The van der Waals surface area contributed by atoms with Gasteiger partial charge in [-0.05, 0) is 43.5 Å². The smallest absolute Gasteiger partial charge is 0.288 e. The maximum atomic E-state index is 12.7. The number of carbonyl (C=O) groups is 1. The summed E-state index contributed by atoms with van der Waals surface area (Å²) in [6, 6.07) is 6.81. The lowest BCUT2D eigenvalue weighted by molar-refractivity contribution is 0.0706. The molecule has 22 heavy (non-hydrogen) atoms. The summed E-state index contributed by atoms with van der Waals surface area (Å²) >= 11 is 0.497. The molecule has 1 saturated heterocycles. The summed E-state index contributed by atoms with van der Waals surface area (Å²) in [7, 11) is 0. The van der Waals surface area contributed by atoms with Gasteiger partial charge in [0.1, 0.15) is 0 Å². The molecule has 3 nitrogen and oxygen atoms in total. The molecular formula is C16H19F2NO2S. The summed E-state index contributed by atoms with van der Waals surface area (Å²) in [5.74, 6) is -2.02. The predicted octanol–water partition coefficient (Wildman–Crippen LogP) is 3.64. The van der Waals surface area contributed by atoms with Gasteiger partial charge >= 0.3 is 0 Å². The number of rotatable bonds is 6. The molecule has 0 aromatic heterocycles. The molecule has 1 heterocycles. The van der Waals surface area contributed by atoms with Gasteiger partial charge in [-0.25, -0.2) is 0 Å². The van der Waals surface area contributed by atoms with Crippen molar-refractivity contribution in [3.8, 4) is 0 Å². The van der Waals surface area contributed by atoms with E-state index in [1.165, 1.54) is 0 Å². The van der Waals surface area contributed by atoms with Crippen LogP contribution in [0.1, 0.15) is 29.6 Å². The van der Waals surface area contributed by atoms with Gasteiger partial charge in [-0.1, -0.05) is 11.8 Å². The second kappa shape index (κ2) is 6.96. The van der Waals surface area contributed by atoms with Gasteiger partial charge in [-0.3, -0.25) is 4.79 Å². The normalized spacial score (nSPS) is 21.3. The topological polar surface area (TPSA) is 29.5 Å². The molecule has 2 fully saturated rings. The number of benzene rings is 1. The summed E-state index contributed by atoms with van der Waals surface area (Å²) in [5.41, 5.74) is 0.574. The number of carbonyl (C=O) groups excluding carboxylic acids is 1. The van der Waals surface area contributed by atoms with Crippen LogP contribution in [0, 0.1) is 5.92 Å². The molecule has 1 amide bonds. The number of alkyl halides is 2. The van der Waals surface area contributed by atoms with Crippen LogP contribution in [0.4, 0.5) is 8.78 Å². The lowest BCUT2D eigenvalue weighted by atomic mass is 10.1. The van der Waals surface area contributed by atoms with E-state index in [9.17, 15) is 13.6 Å². The Kier molecular flexibility index (Phi) is 4.98. The van der Waals surface area contributed by atoms with Crippen LogP contribution < -0.4 is 0 Å². The molecule has 1 aromatic carbocycles. The van der Waals surface area contributed by atoms with Gasteiger partial charge in [0.15, 0.2) is 0 Å². The first-order valence-corrected chi connectivity index (χ1v) is 8.45. The highest BCUT2D eigenvalue weighted by atomic mass is 32.2. The molecule has 1 atom stereocenters. The van der Waals surface area contributed by atoms with Crippen LogP contribution in [0.25, 0.3) is 0 Å². The van der Waals surface area contributed by atoms with Crippen molar-refractivity contribution in [2.45, 2.75) is 36.0 Å². The van der Waals surface area contributed by atoms with E-state index in [0.717, 1.165) is 39.0 Å². The number of amides is 1. The minimum Gasteiger partial charge on any atom is -0.381 e. The van der Waals surface area contributed by atoms with Gasteiger partial charge in [0.2, 0.25) is 0 Å². The van der Waals surface area contributed by atoms with E-state index >= 15 is 0 Å². The van der Waals surface area contributed by atoms with Gasteiger partial charge < -0.3 is 9.64 Å². The van der Waals surface area contributed by atoms with Crippen LogP contribution in [0.3, 0.4) is 0 Å². The minimum absolute atomic E-state index is 0.00277. The molecule has 3 rings (SSSR count). The Bertz CT molecular complexity index is 513. The van der Waals surface area contributed by atoms with E-state index in [-0.39, 0.29) is 5.91 Å². The highest BCUT2D eigenvalue weighted by Crippen LogP contribution is 2.31. The van der Waals surface area contributed by atoms with Crippen molar-refractivity contribution in [3.05, 3.63) is 29.8 Å². The molecule has 120 valence electrons. The van der Waals surface area contributed by atoms with E-state index in [1.54, 1.807) is 24.3 Å². The third kappa shape index (κ3) is 3.98. The van der Waals surface area contributed by atoms with E-state index in [1.807, 2.05) is 4.90 Å². The molecule has 6 heteroatoms. The SMILES string of the molecule is O=C(c1ccc(SC(F)F)cc1)N(CC1CCOC1)C1CC1. The summed E-state index contributed by atoms with van der Waals surface area (Å²) in [6.07, 6.45) is 3.11. The molecular weight excluding hydrogens is 308 g/mol. The molecule has 1 saturated carbocycles. The molecule has 0 spiro atoms. The molecule has 0 bridgehead atoms. The van der Waals surface area contributed by atoms with Crippen LogP contribution in [0.2, 0.25) is 0 Å². The van der Waals surface area contributed by atoms with Gasteiger partial charge in [0.25, 0.3) is 11.7 Å². The standard InChI is InChI=1S/C16H19F2NO2S/c17-16(18)22-14-5-1-12(2-6-14)15(20)19(13-3-4-13)9-11-7-8-21-10-11/h1-2,5-6,11,13,16H,3-4,7-10H2. The number of thioether (sulfide) groups is 1. The number of halogens is 2. The summed E-state index contributed by atoms with van der Waals surface area (Å²) < 4.78 is 30.0. The van der Waals surface area contributed by atoms with Crippen LogP contribution in [0.5, 0.6) is 0 Å². The summed E-state index contributed by atoms with van der Waals surface area (Å²) in [6.45, 7) is 2.23. The Morgan fingerprint density at radius 2 is 2.00 bits per heavy atom. The Hall–Kier alpha value is -1.14. The Morgan fingerprint density at radius 1 is 1.27 bits per heavy atom. The van der Waals surface area contributed by atoms with Crippen molar-refractivity contribution in [1.29, 1.82) is 0 Å². The van der Waals surface area contributed by atoms with Crippen LogP contribution >= 0.6 is 11.8 Å². The second-order valence-electron chi connectivity index (χ2n) is 5.82. The van der Waals surface area contributed by atoms with Crippen molar-refractivity contribution in [2.75, 3.05) is 19.8 Å². The number of ether oxygens (including phenoxy) is 1. The lowest BCUT2D eigenvalue weighted by Gasteiger charge is -2.25. The third-order valence-corrected chi connectivity index (χ3v) is 4.78. The highest BCUT2D eigenvalue weighted by molar-refractivity contribution is 7.99. The van der Waals surface area contributed by atoms with Crippen LogP contribution in [-0.4, -0.2) is 42.4 Å². The fraction of sp³-hybridized carbons (Fsp3) is 0.562. The van der Waals surface area contributed by atoms with Gasteiger partial charge in [0.05, 0.1) is 6.61 Å². The first-order valence-electron chi connectivity index (χ1n) is 7.57. The van der Waals surface area contributed by atoms with Crippen molar-refractivity contribution < 1.29 is 18.3 Å². The van der Waals surface area contributed by atoms with E-state index < -0.39 is 5.76 Å². The Labute approximate surface area is 133 Å². The van der Waals surface area contributed by atoms with Crippen molar-refractivity contribution in [2.24, 2.45) is 5.92 Å². The largest absolute Gasteiger partial charge is 0.381 e. The van der Waals surface area contributed by atoms with Crippen LogP contribution in [0.15, 0.2) is 29.2 Å². The predicted molar refractivity (Wildman–Crippen MR) is 81.3 cm³/mol. The zero-order valence-corrected chi connectivity index (χ0v) is 13.0. The Balaban J connectivity index is 1.66. The summed E-state index contributed by atoms with van der Waals surface area (Å²) in [4.78, 5) is 15.1. The maximum absolute atomic E-state index is 12.7. The maximum Gasteiger partial charge on any atom is 0.288 e. The van der Waals surface area contributed by atoms with Crippen LogP contribution in [-0.2, 0) is 4.74 Å². The fourth-order valence-electron chi connectivity index (χ4n) is 2.73. The van der Waals surface area contributed by atoms with E-state index in [4.69, 9.17) is 4.74 Å². The zero-order chi connectivity index (χ0) is 15.5. The molecule has 1 aliphatic carbocycles. The average Bonchev–Trinajstić information content (AvgIpc) is 3.21. The highest BCUT2D eigenvalue weighted by Gasteiger charge is 2.35. The lowest BCUT2D eigenvalue weighted by Crippen LogP contribution is -2.37. The zero-order valence-electron chi connectivity index (χ0n) is 12.2.